The Morgan fingerprint density at radius 1 is 0.905 bits per heavy atom. The summed E-state index contributed by atoms with van der Waals surface area (Å²) in [5.41, 5.74) is 7.96. The van der Waals surface area contributed by atoms with Gasteiger partial charge in [0.05, 0.1) is 0 Å². The Morgan fingerprint density at radius 2 is 1.71 bits per heavy atom. The first kappa shape index (κ1) is 13.7. The van der Waals surface area contributed by atoms with Crippen LogP contribution >= 0.6 is 0 Å². The van der Waals surface area contributed by atoms with Crippen LogP contribution in [0.15, 0.2) is 60.7 Å². The van der Waals surface area contributed by atoms with Gasteiger partial charge in [0.1, 0.15) is 11.5 Å². The summed E-state index contributed by atoms with van der Waals surface area (Å²) < 4.78 is 6.06. The Morgan fingerprint density at radius 3 is 2.52 bits per heavy atom. The number of hydrogen-bond donors (Lipinski definition) is 1. The molecule has 106 valence electrons. The van der Waals surface area contributed by atoms with Crippen LogP contribution in [-0.4, -0.2) is 6.54 Å². The summed E-state index contributed by atoms with van der Waals surface area (Å²) in [7, 11) is 0. The highest BCUT2D eigenvalue weighted by Gasteiger charge is 2.04. The van der Waals surface area contributed by atoms with Crippen LogP contribution in [0, 0.1) is 6.92 Å². The number of aryl methyl sites for hydroxylation is 1. The van der Waals surface area contributed by atoms with Crippen molar-refractivity contribution >= 4 is 10.8 Å². The maximum Gasteiger partial charge on any atom is 0.130 e. The van der Waals surface area contributed by atoms with E-state index < -0.39 is 0 Å². The van der Waals surface area contributed by atoms with E-state index in [2.05, 4.69) is 49.4 Å². The molecule has 0 aliphatic heterocycles. The van der Waals surface area contributed by atoms with Gasteiger partial charge in [-0.3, -0.25) is 0 Å². The molecule has 0 bridgehead atoms. The van der Waals surface area contributed by atoms with Crippen molar-refractivity contribution in [2.24, 2.45) is 5.73 Å². The Bertz CT molecular complexity index is 764. The van der Waals surface area contributed by atoms with E-state index in [4.69, 9.17) is 10.5 Å². The Hall–Kier alpha value is -2.32. The molecular weight excluding hydrogens is 258 g/mol. The number of fused-ring (bicyclic) bond motifs is 1. The molecule has 3 aromatic rings. The molecule has 0 fully saturated rings. The van der Waals surface area contributed by atoms with Crippen LogP contribution in [0.4, 0.5) is 0 Å². The number of ether oxygens (including phenoxy) is 1. The number of hydrogen-bond acceptors (Lipinski definition) is 2. The van der Waals surface area contributed by atoms with Crippen molar-refractivity contribution < 1.29 is 4.74 Å². The van der Waals surface area contributed by atoms with Crippen molar-refractivity contribution in [1.82, 2.24) is 0 Å². The zero-order valence-electron chi connectivity index (χ0n) is 12.2. The van der Waals surface area contributed by atoms with Gasteiger partial charge >= 0.3 is 0 Å². The minimum Gasteiger partial charge on any atom is -0.457 e. The van der Waals surface area contributed by atoms with Crippen LogP contribution in [0.2, 0.25) is 0 Å². The van der Waals surface area contributed by atoms with Gasteiger partial charge in [0.2, 0.25) is 0 Å². The predicted octanol–water partition coefficient (Wildman–Crippen LogP) is 4.44. The van der Waals surface area contributed by atoms with E-state index in [1.54, 1.807) is 0 Å². The smallest absolute Gasteiger partial charge is 0.130 e. The van der Waals surface area contributed by atoms with E-state index >= 15 is 0 Å². The first-order valence-corrected chi connectivity index (χ1v) is 7.22. The summed E-state index contributed by atoms with van der Waals surface area (Å²) in [6.45, 7) is 2.71. The lowest BCUT2D eigenvalue weighted by Crippen LogP contribution is -2.02. The highest BCUT2D eigenvalue weighted by molar-refractivity contribution is 5.83. The summed E-state index contributed by atoms with van der Waals surface area (Å²) in [4.78, 5) is 0. The lowest BCUT2D eigenvalue weighted by atomic mass is 10.1. The number of benzene rings is 3. The quantitative estimate of drug-likeness (QED) is 0.765. The molecule has 0 spiro atoms. The molecule has 2 heteroatoms. The van der Waals surface area contributed by atoms with E-state index in [9.17, 15) is 0 Å². The normalized spacial score (nSPS) is 10.8. The highest BCUT2D eigenvalue weighted by Crippen LogP contribution is 2.28. The molecule has 2 nitrogen and oxygen atoms in total. The van der Waals surface area contributed by atoms with Gasteiger partial charge in [0, 0.05) is 0 Å². The molecule has 21 heavy (non-hydrogen) atoms. The van der Waals surface area contributed by atoms with Gasteiger partial charge < -0.3 is 10.5 Å². The van der Waals surface area contributed by atoms with Gasteiger partial charge in [-0.2, -0.15) is 0 Å². The average Bonchev–Trinajstić information content (AvgIpc) is 2.51. The van der Waals surface area contributed by atoms with Crippen molar-refractivity contribution in [2.45, 2.75) is 13.3 Å². The monoisotopic (exact) mass is 277 g/mol. The third kappa shape index (κ3) is 3.06. The first-order valence-electron chi connectivity index (χ1n) is 7.22. The van der Waals surface area contributed by atoms with Crippen LogP contribution in [0.25, 0.3) is 10.8 Å². The van der Waals surface area contributed by atoms with Gasteiger partial charge in [-0.15, -0.1) is 0 Å². The van der Waals surface area contributed by atoms with Crippen LogP contribution in [0.1, 0.15) is 11.1 Å². The standard InChI is InChI=1S/C19H19NO/c1-14-6-7-15(10-11-20)12-19(14)21-18-9-8-16-4-2-3-5-17(16)13-18/h2-9,12-13H,10-11,20H2,1H3. The second-order valence-corrected chi connectivity index (χ2v) is 5.25. The molecule has 0 aliphatic carbocycles. The van der Waals surface area contributed by atoms with Gasteiger partial charge in [0.15, 0.2) is 0 Å². The van der Waals surface area contributed by atoms with Crippen molar-refractivity contribution in [2.75, 3.05) is 6.54 Å². The second kappa shape index (κ2) is 5.98. The molecule has 0 radical (unpaired) electrons. The molecule has 0 saturated heterocycles. The van der Waals surface area contributed by atoms with Gasteiger partial charge in [-0.05, 0) is 60.0 Å². The van der Waals surface area contributed by atoms with Crippen LogP contribution in [-0.2, 0) is 6.42 Å². The lowest BCUT2D eigenvalue weighted by molar-refractivity contribution is 0.479. The molecule has 3 aromatic carbocycles. The van der Waals surface area contributed by atoms with E-state index in [0.29, 0.717) is 6.54 Å². The van der Waals surface area contributed by atoms with Crippen molar-refractivity contribution in [3.8, 4) is 11.5 Å². The van der Waals surface area contributed by atoms with E-state index in [0.717, 1.165) is 23.5 Å². The van der Waals surface area contributed by atoms with Gasteiger partial charge in [0.25, 0.3) is 0 Å². The van der Waals surface area contributed by atoms with Crippen molar-refractivity contribution in [1.29, 1.82) is 0 Å². The maximum atomic E-state index is 6.06. The van der Waals surface area contributed by atoms with E-state index in [1.807, 2.05) is 18.2 Å². The molecule has 3 rings (SSSR count). The molecule has 0 amide bonds. The van der Waals surface area contributed by atoms with Crippen LogP contribution < -0.4 is 10.5 Å². The minimum absolute atomic E-state index is 0.651. The van der Waals surface area contributed by atoms with Gasteiger partial charge in [-0.1, -0.05) is 42.5 Å². The third-order valence-electron chi connectivity index (χ3n) is 3.63. The molecule has 0 heterocycles. The maximum absolute atomic E-state index is 6.06. The molecule has 0 saturated carbocycles. The molecular formula is C19H19NO. The number of nitrogens with two attached hydrogens (primary N) is 1. The molecule has 0 aliphatic rings. The highest BCUT2D eigenvalue weighted by atomic mass is 16.5. The Balaban J connectivity index is 1.92. The number of rotatable bonds is 4. The fraction of sp³-hybridized carbons (Fsp3) is 0.158. The summed E-state index contributed by atoms with van der Waals surface area (Å²) in [5.74, 6) is 1.76. The Labute approximate surface area is 125 Å². The first-order chi connectivity index (χ1) is 10.3. The third-order valence-corrected chi connectivity index (χ3v) is 3.63. The topological polar surface area (TPSA) is 35.2 Å². The van der Waals surface area contributed by atoms with Crippen molar-refractivity contribution in [3.05, 3.63) is 71.8 Å². The molecule has 2 N–H and O–H groups in total. The van der Waals surface area contributed by atoms with Crippen LogP contribution in [0.5, 0.6) is 11.5 Å². The summed E-state index contributed by atoms with van der Waals surface area (Å²) >= 11 is 0. The predicted molar refractivity (Wildman–Crippen MR) is 88.0 cm³/mol. The SMILES string of the molecule is Cc1ccc(CCN)cc1Oc1ccc2ccccc2c1. The fourth-order valence-corrected chi connectivity index (χ4v) is 2.43. The zero-order valence-corrected chi connectivity index (χ0v) is 12.2. The van der Waals surface area contributed by atoms with Crippen LogP contribution in [0.3, 0.4) is 0 Å². The van der Waals surface area contributed by atoms with Gasteiger partial charge in [-0.25, -0.2) is 0 Å². The summed E-state index contributed by atoms with van der Waals surface area (Å²) in [6.07, 6.45) is 0.869. The summed E-state index contributed by atoms with van der Waals surface area (Å²) in [5, 5.41) is 2.41. The van der Waals surface area contributed by atoms with E-state index in [-0.39, 0.29) is 0 Å². The summed E-state index contributed by atoms with van der Waals surface area (Å²) in [6, 6.07) is 20.7. The average molecular weight is 277 g/mol. The molecule has 0 unspecified atom stereocenters. The second-order valence-electron chi connectivity index (χ2n) is 5.25. The molecule has 0 aromatic heterocycles. The fourth-order valence-electron chi connectivity index (χ4n) is 2.43. The lowest BCUT2D eigenvalue weighted by Gasteiger charge is -2.11. The largest absolute Gasteiger partial charge is 0.457 e. The molecule has 0 atom stereocenters. The minimum atomic E-state index is 0.651. The zero-order chi connectivity index (χ0) is 14.7. The van der Waals surface area contributed by atoms with E-state index in [1.165, 1.54) is 16.3 Å². The van der Waals surface area contributed by atoms with Crippen molar-refractivity contribution in [3.63, 3.8) is 0 Å². The Kier molecular flexibility index (Phi) is 3.89.